The molecule has 1 aliphatic rings. The summed E-state index contributed by atoms with van der Waals surface area (Å²) < 4.78 is 5.16. The van der Waals surface area contributed by atoms with Crippen LogP contribution in [0.2, 0.25) is 0 Å². The van der Waals surface area contributed by atoms with E-state index in [1.807, 2.05) is 18.2 Å². The number of aromatic nitrogens is 1. The van der Waals surface area contributed by atoms with E-state index in [2.05, 4.69) is 28.6 Å². The molecule has 1 fully saturated rings. The number of piperazine rings is 1. The second kappa shape index (κ2) is 5.36. The summed E-state index contributed by atoms with van der Waals surface area (Å²) in [5.74, 6) is 1.71. The van der Waals surface area contributed by atoms with Crippen LogP contribution in [0.3, 0.4) is 0 Å². The Morgan fingerprint density at radius 3 is 2.47 bits per heavy atom. The molecule has 0 spiro atoms. The van der Waals surface area contributed by atoms with Crippen molar-refractivity contribution in [2.75, 3.05) is 38.2 Å². The molecule has 4 nitrogen and oxygen atoms in total. The summed E-state index contributed by atoms with van der Waals surface area (Å²) in [5.41, 5.74) is 0. The molecule has 0 bridgehead atoms. The van der Waals surface area contributed by atoms with Crippen molar-refractivity contribution in [3.05, 3.63) is 18.2 Å². The Balaban J connectivity index is 2.00. The second-order valence-corrected chi connectivity index (χ2v) is 4.65. The summed E-state index contributed by atoms with van der Waals surface area (Å²) in [5, 5.41) is 0. The van der Waals surface area contributed by atoms with Crippen molar-refractivity contribution in [3.8, 4) is 5.88 Å². The van der Waals surface area contributed by atoms with Gasteiger partial charge in [-0.25, -0.2) is 0 Å². The Bertz CT molecular complexity index is 359. The highest BCUT2D eigenvalue weighted by molar-refractivity contribution is 5.41. The molecule has 0 aromatic carbocycles. The quantitative estimate of drug-likeness (QED) is 0.796. The summed E-state index contributed by atoms with van der Waals surface area (Å²) in [7, 11) is 1.66. The maximum Gasteiger partial charge on any atom is 0.214 e. The van der Waals surface area contributed by atoms with Gasteiger partial charge in [0.2, 0.25) is 5.88 Å². The third-order valence-electron chi connectivity index (χ3n) is 3.29. The molecular formula is C13H21N3O. The van der Waals surface area contributed by atoms with E-state index in [9.17, 15) is 0 Å². The van der Waals surface area contributed by atoms with Crippen molar-refractivity contribution < 1.29 is 4.74 Å². The molecule has 94 valence electrons. The van der Waals surface area contributed by atoms with E-state index in [-0.39, 0.29) is 0 Å². The first kappa shape index (κ1) is 12.2. The lowest BCUT2D eigenvalue weighted by atomic mass is 10.2. The zero-order valence-electron chi connectivity index (χ0n) is 10.9. The molecule has 0 unspecified atom stereocenters. The Morgan fingerprint density at radius 1 is 1.18 bits per heavy atom. The first-order chi connectivity index (χ1) is 8.20. The first-order valence-electron chi connectivity index (χ1n) is 6.21. The van der Waals surface area contributed by atoms with E-state index < -0.39 is 0 Å². The molecule has 0 saturated carbocycles. The maximum atomic E-state index is 5.16. The van der Waals surface area contributed by atoms with Gasteiger partial charge < -0.3 is 9.64 Å². The van der Waals surface area contributed by atoms with Crippen LogP contribution in [0.1, 0.15) is 13.8 Å². The van der Waals surface area contributed by atoms with Gasteiger partial charge in [-0.1, -0.05) is 6.07 Å². The topological polar surface area (TPSA) is 28.6 Å². The zero-order valence-corrected chi connectivity index (χ0v) is 10.9. The summed E-state index contributed by atoms with van der Waals surface area (Å²) in [6.45, 7) is 8.79. The SMILES string of the molecule is COc1cccc(N2CCN(C(C)C)CC2)n1. The lowest BCUT2D eigenvalue weighted by Crippen LogP contribution is -2.49. The van der Waals surface area contributed by atoms with Gasteiger partial charge in [-0.3, -0.25) is 4.90 Å². The van der Waals surface area contributed by atoms with Crippen molar-refractivity contribution in [2.24, 2.45) is 0 Å². The monoisotopic (exact) mass is 235 g/mol. The Kier molecular flexibility index (Phi) is 3.84. The molecule has 0 amide bonds. The summed E-state index contributed by atoms with van der Waals surface area (Å²) in [6.07, 6.45) is 0. The summed E-state index contributed by atoms with van der Waals surface area (Å²) >= 11 is 0. The van der Waals surface area contributed by atoms with Gasteiger partial charge in [-0.05, 0) is 19.9 Å². The van der Waals surface area contributed by atoms with Crippen LogP contribution in [0.5, 0.6) is 5.88 Å². The van der Waals surface area contributed by atoms with Gasteiger partial charge in [-0.2, -0.15) is 4.98 Å². The van der Waals surface area contributed by atoms with Crippen LogP contribution in [0.25, 0.3) is 0 Å². The molecule has 0 atom stereocenters. The van der Waals surface area contributed by atoms with E-state index in [4.69, 9.17) is 4.74 Å². The predicted octanol–water partition coefficient (Wildman–Crippen LogP) is 1.62. The van der Waals surface area contributed by atoms with E-state index >= 15 is 0 Å². The maximum absolute atomic E-state index is 5.16. The summed E-state index contributed by atoms with van der Waals surface area (Å²) in [6, 6.07) is 6.56. The third kappa shape index (κ3) is 2.88. The first-order valence-corrected chi connectivity index (χ1v) is 6.21. The minimum Gasteiger partial charge on any atom is -0.481 e. The number of methoxy groups -OCH3 is 1. The van der Waals surface area contributed by atoms with Crippen LogP contribution < -0.4 is 9.64 Å². The zero-order chi connectivity index (χ0) is 12.3. The van der Waals surface area contributed by atoms with Crippen LogP contribution in [-0.4, -0.2) is 49.2 Å². The number of rotatable bonds is 3. The highest BCUT2D eigenvalue weighted by atomic mass is 16.5. The lowest BCUT2D eigenvalue weighted by Gasteiger charge is -2.37. The van der Waals surface area contributed by atoms with Crippen molar-refractivity contribution in [1.29, 1.82) is 0 Å². The molecule has 0 aliphatic carbocycles. The largest absolute Gasteiger partial charge is 0.481 e. The number of hydrogen-bond acceptors (Lipinski definition) is 4. The molecule has 2 rings (SSSR count). The Hall–Kier alpha value is -1.29. The van der Waals surface area contributed by atoms with Crippen molar-refractivity contribution in [2.45, 2.75) is 19.9 Å². The predicted molar refractivity (Wildman–Crippen MR) is 69.7 cm³/mol. The fourth-order valence-electron chi connectivity index (χ4n) is 2.16. The molecule has 4 heteroatoms. The van der Waals surface area contributed by atoms with E-state index in [1.54, 1.807) is 7.11 Å². The molecule has 0 radical (unpaired) electrons. The van der Waals surface area contributed by atoms with Crippen molar-refractivity contribution in [3.63, 3.8) is 0 Å². The van der Waals surface area contributed by atoms with E-state index in [0.717, 1.165) is 32.0 Å². The molecule has 1 aromatic rings. The van der Waals surface area contributed by atoms with Gasteiger partial charge in [-0.15, -0.1) is 0 Å². The Morgan fingerprint density at radius 2 is 1.88 bits per heavy atom. The van der Waals surface area contributed by atoms with E-state index in [1.165, 1.54) is 0 Å². The number of nitrogens with zero attached hydrogens (tertiary/aromatic N) is 3. The number of pyridine rings is 1. The molecule has 1 aromatic heterocycles. The second-order valence-electron chi connectivity index (χ2n) is 4.65. The highest BCUT2D eigenvalue weighted by Crippen LogP contribution is 2.17. The number of ether oxygens (including phenoxy) is 1. The number of hydrogen-bond donors (Lipinski definition) is 0. The minimum absolute atomic E-state index is 0.635. The Labute approximate surface area is 103 Å². The third-order valence-corrected chi connectivity index (χ3v) is 3.29. The lowest BCUT2D eigenvalue weighted by molar-refractivity contribution is 0.209. The van der Waals surface area contributed by atoms with Gasteiger partial charge in [0.15, 0.2) is 0 Å². The van der Waals surface area contributed by atoms with Crippen molar-refractivity contribution in [1.82, 2.24) is 9.88 Å². The van der Waals surface area contributed by atoms with Crippen LogP contribution in [0.15, 0.2) is 18.2 Å². The van der Waals surface area contributed by atoms with Crippen LogP contribution >= 0.6 is 0 Å². The average molecular weight is 235 g/mol. The van der Waals surface area contributed by atoms with Gasteiger partial charge in [0, 0.05) is 38.3 Å². The molecule has 1 aliphatic heterocycles. The molecule has 1 saturated heterocycles. The molecule has 2 heterocycles. The normalized spacial score (nSPS) is 17.5. The highest BCUT2D eigenvalue weighted by Gasteiger charge is 2.19. The van der Waals surface area contributed by atoms with Crippen LogP contribution in [0.4, 0.5) is 5.82 Å². The number of anilines is 1. The fraction of sp³-hybridized carbons (Fsp3) is 0.615. The fourth-order valence-corrected chi connectivity index (χ4v) is 2.16. The minimum atomic E-state index is 0.635. The summed E-state index contributed by atoms with van der Waals surface area (Å²) in [4.78, 5) is 9.29. The smallest absolute Gasteiger partial charge is 0.214 e. The standard InChI is InChI=1S/C13H21N3O/c1-11(2)15-7-9-16(10-8-15)12-5-4-6-13(14-12)17-3/h4-6,11H,7-10H2,1-3H3. The van der Waals surface area contributed by atoms with Crippen LogP contribution in [-0.2, 0) is 0 Å². The van der Waals surface area contributed by atoms with E-state index in [0.29, 0.717) is 11.9 Å². The van der Waals surface area contributed by atoms with Crippen molar-refractivity contribution >= 4 is 5.82 Å². The van der Waals surface area contributed by atoms with Gasteiger partial charge >= 0.3 is 0 Å². The molecule has 0 N–H and O–H groups in total. The van der Waals surface area contributed by atoms with Gasteiger partial charge in [0.1, 0.15) is 5.82 Å². The molecule has 17 heavy (non-hydrogen) atoms. The van der Waals surface area contributed by atoms with Gasteiger partial charge in [0.25, 0.3) is 0 Å². The van der Waals surface area contributed by atoms with Crippen LogP contribution in [0, 0.1) is 0 Å². The van der Waals surface area contributed by atoms with Gasteiger partial charge in [0.05, 0.1) is 7.11 Å². The average Bonchev–Trinajstić information content (AvgIpc) is 2.39. The molecular weight excluding hydrogens is 214 g/mol.